The second-order valence-corrected chi connectivity index (χ2v) is 8.76. The van der Waals surface area contributed by atoms with Crippen molar-refractivity contribution in [1.82, 2.24) is 10.6 Å². The van der Waals surface area contributed by atoms with Crippen LogP contribution in [0.3, 0.4) is 0 Å². The van der Waals surface area contributed by atoms with Gasteiger partial charge in [-0.2, -0.15) is 0 Å². The topological polar surface area (TPSA) is 53.6 Å². The second-order valence-electron chi connectivity index (χ2n) is 8.35. The number of carbonyl (C=O) groups excluding carboxylic acids is 1. The fraction of sp³-hybridized carbons (Fsp3) is 0.545. The van der Waals surface area contributed by atoms with Gasteiger partial charge < -0.3 is 20.3 Å². The maximum atomic E-state index is 13.1. The van der Waals surface area contributed by atoms with Crippen molar-refractivity contribution in [3.05, 3.63) is 41.1 Å². The van der Waals surface area contributed by atoms with E-state index >= 15 is 0 Å². The number of nitrogens with one attached hydrogen (secondary N) is 2. The molecule has 2 N–H and O–H groups in total. The summed E-state index contributed by atoms with van der Waals surface area (Å²) in [4.78, 5) is 15.2. The van der Waals surface area contributed by atoms with E-state index in [1.165, 1.54) is 0 Å². The number of rotatable bonds is 4. The van der Waals surface area contributed by atoms with Crippen LogP contribution in [-0.2, 0) is 9.53 Å². The zero-order chi connectivity index (χ0) is 20.4. The Hall–Kier alpha value is -2.08. The van der Waals surface area contributed by atoms with Crippen LogP contribution >= 0.6 is 12.2 Å². The molecule has 4 atom stereocenters. The highest BCUT2D eigenvalue weighted by molar-refractivity contribution is 7.80. The summed E-state index contributed by atoms with van der Waals surface area (Å²) in [5, 5.41) is 6.85. The van der Waals surface area contributed by atoms with E-state index in [1.54, 1.807) is 0 Å². The molecule has 0 unspecified atom stereocenters. The number of allylic oxidation sites excluding steroid dienone is 1. The average Bonchev–Trinajstić information content (AvgIpc) is 2.64. The van der Waals surface area contributed by atoms with Gasteiger partial charge in [0.05, 0.1) is 11.6 Å². The first-order valence-corrected chi connectivity index (χ1v) is 10.4. The molecule has 0 bridgehead atoms. The van der Waals surface area contributed by atoms with E-state index in [1.807, 2.05) is 50.2 Å². The van der Waals surface area contributed by atoms with Crippen molar-refractivity contribution >= 4 is 29.0 Å². The van der Waals surface area contributed by atoms with Crippen LogP contribution in [0.2, 0.25) is 0 Å². The summed E-state index contributed by atoms with van der Waals surface area (Å²) in [5.41, 5.74) is 3.46. The molecule has 2 aliphatic rings. The molecule has 0 spiro atoms. The molecule has 0 radical (unpaired) electrons. The number of carbonyl (C=O) groups is 1. The van der Waals surface area contributed by atoms with Crippen LogP contribution in [0.4, 0.5) is 5.69 Å². The van der Waals surface area contributed by atoms with E-state index in [9.17, 15) is 4.79 Å². The Bertz CT molecular complexity index is 772. The van der Waals surface area contributed by atoms with Gasteiger partial charge in [0, 0.05) is 25.5 Å². The molecule has 6 heteroatoms. The molecule has 5 nitrogen and oxygen atoms in total. The summed E-state index contributed by atoms with van der Waals surface area (Å²) < 4.78 is 5.94. The van der Waals surface area contributed by atoms with Gasteiger partial charge in [-0.1, -0.05) is 26.0 Å². The van der Waals surface area contributed by atoms with E-state index in [-0.39, 0.29) is 18.1 Å². The van der Waals surface area contributed by atoms with Crippen molar-refractivity contribution in [2.24, 2.45) is 11.8 Å². The van der Waals surface area contributed by atoms with Crippen molar-refractivity contribution in [2.75, 3.05) is 19.0 Å². The Labute approximate surface area is 173 Å². The Balaban J connectivity index is 1.82. The highest BCUT2D eigenvalue weighted by Crippen LogP contribution is 2.33. The number of anilines is 1. The van der Waals surface area contributed by atoms with Crippen molar-refractivity contribution in [3.8, 4) is 0 Å². The Morgan fingerprint density at radius 2 is 1.82 bits per heavy atom. The molecule has 0 aromatic heterocycles. The molecule has 1 saturated carbocycles. The predicted molar refractivity (Wildman–Crippen MR) is 117 cm³/mol. The molecule has 3 rings (SSSR count). The smallest absolute Gasteiger partial charge is 0.338 e. The van der Waals surface area contributed by atoms with Crippen LogP contribution < -0.4 is 15.5 Å². The normalized spacial score (nSPS) is 27.7. The maximum absolute atomic E-state index is 13.1. The van der Waals surface area contributed by atoms with Crippen LogP contribution in [-0.4, -0.2) is 31.3 Å². The lowest BCUT2D eigenvalue weighted by molar-refractivity contribution is -0.147. The fourth-order valence-electron chi connectivity index (χ4n) is 4.00. The molecule has 1 fully saturated rings. The summed E-state index contributed by atoms with van der Waals surface area (Å²) >= 11 is 5.34. The first-order chi connectivity index (χ1) is 13.3. The lowest BCUT2D eigenvalue weighted by atomic mass is 9.80. The van der Waals surface area contributed by atoms with Gasteiger partial charge in [-0.3, -0.25) is 0 Å². The minimum absolute atomic E-state index is 0.00959. The Morgan fingerprint density at radius 1 is 1.14 bits per heavy atom. The first-order valence-electron chi connectivity index (χ1n) is 10.0. The summed E-state index contributed by atoms with van der Waals surface area (Å²) in [6.45, 7) is 6.40. The van der Waals surface area contributed by atoms with E-state index in [2.05, 4.69) is 24.5 Å². The van der Waals surface area contributed by atoms with Gasteiger partial charge in [-0.05, 0) is 67.9 Å². The van der Waals surface area contributed by atoms with E-state index in [4.69, 9.17) is 17.0 Å². The van der Waals surface area contributed by atoms with Gasteiger partial charge in [-0.15, -0.1) is 0 Å². The lowest BCUT2D eigenvalue weighted by Crippen LogP contribution is -2.45. The van der Waals surface area contributed by atoms with Crippen molar-refractivity contribution < 1.29 is 9.53 Å². The highest BCUT2D eigenvalue weighted by Gasteiger charge is 2.34. The van der Waals surface area contributed by atoms with Crippen molar-refractivity contribution in [3.63, 3.8) is 0 Å². The predicted octanol–water partition coefficient (Wildman–Crippen LogP) is 3.91. The largest absolute Gasteiger partial charge is 0.459 e. The number of nitrogens with zero attached hydrogens (tertiary/aromatic N) is 1. The third-order valence-electron chi connectivity index (χ3n) is 6.06. The standard InChI is InChI=1S/C22H31N3O2S/c1-13-6-11-18(12-14(13)2)27-21(26)19-15(3)23-22(28)24-20(19)16-7-9-17(10-8-16)25(4)5/h7-10,13-14,18,20H,6,11-12H2,1-5H3,(H2,23,24,28)/t13-,14+,18+,20-/m1/s1. The van der Waals surface area contributed by atoms with Crippen molar-refractivity contribution in [1.29, 1.82) is 0 Å². The Kier molecular flexibility index (Phi) is 6.28. The molecule has 1 aromatic carbocycles. The number of hydrogen-bond acceptors (Lipinski definition) is 4. The number of thiocarbonyl (C=S) groups is 1. The molecule has 0 saturated heterocycles. The zero-order valence-electron chi connectivity index (χ0n) is 17.4. The van der Waals surface area contributed by atoms with Crippen LogP contribution in [0.1, 0.15) is 51.6 Å². The van der Waals surface area contributed by atoms with Gasteiger partial charge in [0.2, 0.25) is 0 Å². The fourth-order valence-corrected chi connectivity index (χ4v) is 4.27. The summed E-state index contributed by atoms with van der Waals surface area (Å²) in [6.07, 6.45) is 2.96. The molecule has 1 aliphatic carbocycles. The van der Waals surface area contributed by atoms with Crippen LogP contribution in [0, 0.1) is 11.8 Å². The average molecular weight is 402 g/mol. The number of benzene rings is 1. The van der Waals surface area contributed by atoms with E-state index in [0.717, 1.165) is 36.2 Å². The van der Waals surface area contributed by atoms with Crippen LogP contribution in [0.25, 0.3) is 0 Å². The monoisotopic (exact) mass is 401 g/mol. The second kappa shape index (κ2) is 8.52. The third-order valence-corrected chi connectivity index (χ3v) is 6.28. The molecule has 0 amide bonds. The molecular formula is C22H31N3O2S. The van der Waals surface area contributed by atoms with Crippen LogP contribution in [0.5, 0.6) is 0 Å². The molecule has 1 aliphatic heterocycles. The van der Waals surface area contributed by atoms with Gasteiger partial charge in [0.25, 0.3) is 0 Å². The molecule has 28 heavy (non-hydrogen) atoms. The molecule has 1 aromatic rings. The maximum Gasteiger partial charge on any atom is 0.338 e. The minimum Gasteiger partial charge on any atom is -0.459 e. The molecule has 1 heterocycles. The number of hydrogen-bond donors (Lipinski definition) is 2. The Morgan fingerprint density at radius 3 is 2.43 bits per heavy atom. The van der Waals surface area contributed by atoms with Gasteiger partial charge >= 0.3 is 5.97 Å². The first kappa shape index (κ1) is 20.6. The number of esters is 1. The van der Waals surface area contributed by atoms with Gasteiger partial charge in [0.1, 0.15) is 6.10 Å². The van der Waals surface area contributed by atoms with Crippen molar-refractivity contribution in [2.45, 2.75) is 52.2 Å². The third kappa shape index (κ3) is 4.49. The summed E-state index contributed by atoms with van der Waals surface area (Å²) in [7, 11) is 4.01. The van der Waals surface area contributed by atoms with E-state index < -0.39 is 0 Å². The quantitative estimate of drug-likeness (QED) is 0.589. The van der Waals surface area contributed by atoms with E-state index in [0.29, 0.717) is 22.5 Å². The molecular weight excluding hydrogens is 370 g/mol. The molecule has 152 valence electrons. The van der Waals surface area contributed by atoms with Gasteiger partial charge in [-0.25, -0.2) is 4.79 Å². The SMILES string of the molecule is CC1=C(C(=O)O[C@H]2CC[C@@H](C)[C@@H](C)C2)[C@@H](c2ccc(N(C)C)cc2)NC(=S)N1. The van der Waals surface area contributed by atoms with Gasteiger partial charge in [0.15, 0.2) is 5.11 Å². The summed E-state index contributed by atoms with van der Waals surface area (Å²) in [5.74, 6) is 1.01. The number of ether oxygens (including phenoxy) is 1. The zero-order valence-corrected chi connectivity index (χ0v) is 18.2. The summed E-state index contributed by atoms with van der Waals surface area (Å²) in [6, 6.07) is 7.85. The van der Waals surface area contributed by atoms with Crippen LogP contribution in [0.15, 0.2) is 35.5 Å². The minimum atomic E-state index is -0.308. The highest BCUT2D eigenvalue weighted by atomic mass is 32.1. The lowest BCUT2D eigenvalue weighted by Gasteiger charge is -2.34.